The first-order valence-corrected chi connectivity index (χ1v) is 9.37. The average Bonchev–Trinajstić information content (AvgIpc) is 2.72. The first-order valence-electron chi connectivity index (χ1n) is 9.37. The zero-order valence-corrected chi connectivity index (χ0v) is 15.3. The smallest absolute Gasteiger partial charge is 0.255 e. The predicted molar refractivity (Wildman–Crippen MR) is 96.0 cm³/mol. The number of carbonyl (C=O) groups excluding carboxylic acids is 2. The summed E-state index contributed by atoms with van der Waals surface area (Å²) >= 11 is 0. The number of methoxy groups -OCH3 is 1. The molecule has 1 saturated carbocycles. The van der Waals surface area contributed by atoms with Crippen molar-refractivity contribution in [1.29, 1.82) is 0 Å². The molecule has 26 heavy (non-hydrogen) atoms. The van der Waals surface area contributed by atoms with Gasteiger partial charge in [0.05, 0.1) is 25.2 Å². The molecule has 0 unspecified atom stereocenters. The van der Waals surface area contributed by atoms with Crippen LogP contribution in [0.1, 0.15) is 42.5 Å². The Morgan fingerprint density at radius 2 is 2.12 bits per heavy atom. The Bertz CT molecular complexity index is 620. The largest absolute Gasteiger partial charge is 0.481 e. The van der Waals surface area contributed by atoms with Gasteiger partial charge < -0.3 is 19.7 Å². The Morgan fingerprint density at radius 1 is 1.27 bits per heavy atom. The Labute approximate surface area is 154 Å². The van der Waals surface area contributed by atoms with E-state index < -0.39 is 0 Å². The lowest BCUT2D eigenvalue weighted by Gasteiger charge is -2.39. The minimum atomic E-state index is -0.156. The molecule has 2 heterocycles. The minimum absolute atomic E-state index is 0.0332. The molecule has 0 radical (unpaired) electrons. The first kappa shape index (κ1) is 18.6. The van der Waals surface area contributed by atoms with Crippen molar-refractivity contribution in [3.8, 4) is 5.88 Å². The second kappa shape index (κ2) is 8.98. The molecule has 142 valence electrons. The highest BCUT2D eigenvalue weighted by atomic mass is 16.5. The van der Waals surface area contributed by atoms with E-state index in [9.17, 15) is 9.59 Å². The van der Waals surface area contributed by atoms with Gasteiger partial charge in [0.2, 0.25) is 11.8 Å². The molecule has 7 nitrogen and oxygen atoms in total. The quantitative estimate of drug-likeness (QED) is 0.866. The number of nitrogens with zero attached hydrogens (tertiary/aromatic N) is 2. The summed E-state index contributed by atoms with van der Waals surface area (Å²) in [4.78, 5) is 31.8. The van der Waals surface area contributed by atoms with Gasteiger partial charge in [-0.15, -0.1) is 0 Å². The monoisotopic (exact) mass is 361 g/mol. The van der Waals surface area contributed by atoms with Crippen molar-refractivity contribution in [2.24, 2.45) is 5.92 Å². The average molecular weight is 361 g/mol. The van der Waals surface area contributed by atoms with Crippen molar-refractivity contribution in [2.45, 2.75) is 38.1 Å². The van der Waals surface area contributed by atoms with Gasteiger partial charge >= 0.3 is 0 Å². The van der Waals surface area contributed by atoms with Gasteiger partial charge in [-0.3, -0.25) is 9.59 Å². The van der Waals surface area contributed by atoms with Crippen LogP contribution in [0.5, 0.6) is 5.88 Å². The lowest BCUT2D eigenvalue weighted by Crippen LogP contribution is -2.51. The van der Waals surface area contributed by atoms with Crippen LogP contribution >= 0.6 is 0 Å². The van der Waals surface area contributed by atoms with Gasteiger partial charge in [0.25, 0.3) is 5.91 Å². The van der Waals surface area contributed by atoms with Crippen LogP contribution in [0.4, 0.5) is 0 Å². The summed E-state index contributed by atoms with van der Waals surface area (Å²) in [6.07, 6.45) is 6.04. The number of rotatable bonds is 2. The zero-order chi connectivity index (χ0) is 18.4. The molecule has 0 bridgehead atoms. The number of ether oxygens (including phenoxy) is 2. The van der Waals surface area contributed by atoms with E-state index in [0.717, 1.165) is 32.1 Å². The number of aromatic nitrogens is 1. The van der Waals surface area contributed by atoms with Gasteiger partial charge in [-0.2, -0.15) is 0 Å². The van der Waals surface area contributed by atoms with Gasteiger partial charge in [-0.05, 0) is 25.3 Å². The van der Waals surface area contributed by atoms with Gasteiger partial charge in [0.15, 0.2) is 0 Å². The molecule has 3 rings (SSSR count). The highest BCUT2D eigenvalue weighted by Gasteiger charge is 2.37. The van der Waals surface area contributed by atoms with E-state index in [1.165, 1.54) is 0 Å². The molecule has 2 aliphatic rings. The van der Waals surface area contributed by atoms with Crippen LogP contribution in [0, 0.1) is 5.92 Å². The number of carbonyl (C=O) groups is 2. The van der Waals surface area contributed by atoms with E-state index in [1.54, 1.807) is 25.4 Å². The second-order valence-electron chi connectivity index (χ2n) is 6.80. The lowest BCUT2D eigenvalue weighted by molar-refractivity contribution is -0.128. The molecule has 1 saturated heterocycles. The van der Waals surface area contributed by atoms with Crippen LogP contribution in [-0.2, 0) is 9.53 Å². The van der Waals surface area contributed by atoms with Gasteiger partial charge in [-0.1, -0.05) is 12.8 Å². The Morgan fingerprint density at radius 3 is 2.88 bits per heavy atom. The minimum Gasteiger partial charge on any atom is -0.481 e. The molecule has 2 fully saturated rings. The summed E-state index contributed by atoms with van der Waals surface area (Å²) in [6, 6.07) is 3.35. The van der Waals surface area contributed by atoms with Crippen molar-refractivity contribution in [3.05, 3.63) is 23.9 Å². The molecular weight excluding hydrogens is 334 g/mol. The molecule has 0 spiro atoms. The summed E-state index contributed by atoms with van der Waals surface area (Å²) in [5.41, 5.74) is 0.520. The van der Waals surface area contributed by atoms with Crippen LogP contribution in [0.3, 0.4) is 0 Å². The summed E-state index contributed by atoms with van der Waals surface area (Å²) in [5.74, 6) is 0.272. The third kappa shape index (κ3) is 4.33. The van der Waals surface area contributed by atoms with Crippen LogP contribution in [0.25, 0.3) is 0 Å². The van der Waals surface area contributed by atoms with Crippen LogP contribution < -0.4 is 10.1 Å². The maximum absolute atomic E-state index is 13.2. The molecule has 1 aliphatic heterocycles. The van der Waals surface area contributed by atoms with Crippen LogP contribution in [0.2, 0.25) is 0 Å². The standard InChI is InChI=1S/C19H27N3O4/c1-25-17-8-7-14(13-21-17)19(24)22-10-4-11-26-12-9-20-18(23)15-5-2-3-6-16(15)22/h7-8,13,15-16H,2-6,9-12H2,1H3,(H,20,23)/t15-,16+/m1/s1. The molecule has 2 amide bonds. The fourth-order valence-electron chi connectivity index (χ4n) is 3.82. The molecule has 1 aromatic rings. The third-order valence-corrected chi connectivity index (χ3v) is 5.15. The lowest BCUT2D eigenvalue weighted by atomic mass is 9.82. The highest BCUT2D eigenvalue weighted by molar-refractivity contribution is 5.94. The number of fused-ring (bicyclic) bond motifs is 1. The first-order chi connectivity index (χ1) is 12.7. The number of amides is 2. The van der Waals surface area contributed by atoms with Gasteiger partial charge in [0.1, 0.15) is 0 Å². The fraction of sp³-hybridized carbons (Fsp3) is 0.632. The summed E-state index contributed by atoms with van der Waals surface area (Å²) in [6.45, 7) is 2.20. The van der Waals surface area contributed by atoms with E-state index in [1.807, 2.05) is 4.90 Å². The van der Waals surface area contributed by atoms with Crippen molar-refractivity contribution < 1.29 is 19.1 Å². The van der Waals surface area contributed by atoms with E-state index in [4.69, 9.17) is 9.47 Å². The maximum Gasteiger partial charge on any atom is 0.255 e. The summed E-state index contributed by atoms with van der Waals surface area (Å²) < 4.78 is 10.6. The molecule has 7 heteroatoms. The predicted octanol–water partition coefficient (Wildman–Crippen LogP) is 1.63. The van der Waals surface area contributed by atoms with Crippen LogP contribution in [0.15, 0.2) is 18.3 Å². The number of hydrogen-bond donors (Lipinski definition) is 1. The van der Waals surface area contributed by atoms with Gasteiger partial charge in [0, 0.05) is 38.0 Å². The molecular formula is C19H27N3O4. The van der Waals surface area contributed by atoms with E-state index in [-0.39, 0.29) is 23.8 Å². The highest BCUT2D eigenvalue weighted by Crippen LogP contribution is 2.30. The molecule has 1 aliphatic carbocycles. The third-order valence-electron chi connectivity index (χ3n) is 5.15. The topological polar surface area (TPSA) is 80.8 Å². The number of pyridine rings is 1. The van der Waals surface area contributed by atoms with E-state index in [0.29, 0.717) is 37.7 Å². The van der Waals surface area contributed by atoms with Gasteiger partial charge in [-0.25, -0.2) is 4.98 Å². The molecule has 0 aromatic carbocycles. The normalized spacial score (nSPS) is 24.8. The van der Waals surface area contributed by atoms with E-state index >= 15 is 0 Å². The zero-order valence-electron chi connectivity index (χ0n) is 15.3. The number of nitrogens with one attached hydrogen (secondary N) is 1. The van der Waals surface area contributed by atoms with Crippen molar-refractivity contribution in [1.82, 2.24) is 15.2 Å². The van der Waals surface area contributed by atoms with Crippen LogP contribution in [-0.4, -0.2) is 61.2 Å². The SMILES string of the molecule is COc1ccc(C(=O)N2CCCOCCNC(=O)[C@@H]3CCCC[C@@H]32)cn1. The summed E-state index contributed by atoms with van der Waals surface area (Å²) in [5, 5.41) is 2.96. The van der Waals surface area contributed by atoms with Crippen molar-refractivity contribution in [2.75, 3.05) is 33.4 Å². The summed E-state index contributed by atoms with van der Waals surface area (Å²) in [7, 11) is 1.54. The van der Waals surface area contributed by atoms with Crippen molar-refractivity contribution >= 4 is 11.8 Å². The fourth-order valence-corrected chi connectivity index (χ4v) is 3.82. The number of hydrogen-bond acceptors (Lipinski definition) is 5. The maximum atomic E-state index is 13.2. The molecule has 2 atom stereocenters. The molecule has 1 aromatic heterocycles. The van der Waals surface area contributed by atoms with E-state index in [2.05, 4.69) is 10.3 Å². The Kier molecular flexibility index (Phi) is 6.44. The van der Waals surface area contributed by atoms with Crippen molar-refractivity contribution in [3.63, 3.8) is 0 Å². The Balaban J connectivity index is 1.85. The molecule has 1 N–H and O–H groups in total. The Hall–Kier alpha value is -2.15. The second-order valence-corrected chi connectivity index (χ2v) is 6.80.